The summed E-state index contributed by atoms with van der Waals surface area (Å²) in [6.45, 7) is 4.88. The topological polar surface area (TPSA) is 78.0 Å². The van der Waals surface area contributed by atoms with E-state index in [0.717, 1.165) is 19.6 Å². The maximum atomic E-state index is 8.76. The molecule has 1 atom stereocenters. The van der Waals surface area contributed by atoms with Crippen molar-refractivity contribution in [2.45, 2.75) is 13.0 Å². The Labute approximate surface area is 117 Å². The minimum absolute atomic E-state index is 0.00423. The Morgan fingerprint density at radius 1 is 1.58 bits per heavy atom. The molecular formula is C12H18ClN5O. The van der Waals surface area contributed by atoms with Gasteiger partial charge in [-0.2, -0.15) is 0 Å². The molecule has 0 aliphatic carbocycles. The second kappa shape index (κ2) is 5.63. The molecule has 1 aromatic rings. The van der Waals surface area contributed by atoms with Gasteiger partial charge in [0.15, 0.2) is 5.84 Å². The Kier molecular flexibility index (Phi) is 4.11. The number of rotatable bonds is 2. The van der Waals surface area contributed by atoms with Crippen LogP contribution in [0.5, 0.6) is 0 Å². The highest BCUT2D eigenvalue weighted by Gasteiger charge is 2.25. The number of nitrogens with zero attached hydrogens (tertiary/aromatic N) is 4. The fourth-order valence-corrected chi connectivity index (χ4v) is 2.66. The number of pyridine rings is 1. The third-order valence-corrected chi connectivity index (χ3v) is 3.73. The molecule has 3 N–H and O–H groups in total. The highest BCUT2D eigenvalue weighted by Crippen LogP contribution is 2.29. The monoisotopic (exact) mass is 283 g/mol. The maximum Gasteiger partial charge on any atom is 0.171 e. The van der Waals surface area contributed by atoms with Crippen molar-refractivity contribution in [1.29, 1.82) is 0 Å². The second-order valence-electron chi connectivity index (χ2n) is 4.79. The van der Waals surface area contributed by atoms with E-state index in [2.05, 4.69) is 33.9 Å². The molecule has 0 spiro atoms. The summed E-state index contributed by atoms with van der Waals surface area (Å²) in [5, 5.41) is 12.2. The molecule has 0 bridgehead atoms. The number of halogens is 1. The van der Waals surface area contributed by atoms with Gasteiger partial charge < -0.3 is 20.7 Å². The van der Waals surface area contributed by atoms with Crippen LogP contribution in [0.15, 0.2) is 17.4 Å². The van der Waals surface area contributed by atoms with Crippen LogP contribution in [0, 0.1) is 0 Å². The molecule has 104 valence electrons. The summed E-state index contributed by atoms with van der Waals surface area (Å²) < 4.78 is 0. The number of hydrogen-bond donors (Lipinski definition) is 2. The van der Waals surface area contributed by atoms with Crippen LogP contribution < -0.4 is 10.6 Å². The Morgan fingerprint density at radius 3 is 2.95 bits per heavy atom. The van der Waals surface area contributed by atoms with Crippen molar-refractivity contribution in [3.05, 3.63) is 22.8 Å². The number of aromatic nitrogens is 1. The number of piperazine rings is 1. The van der Waals surface area contributed by atoms with E-state index in [1.807, 2.05) is 0 Å². The molecule has 0 amide bonds. The minimum Gasteiger partial charge on any atom is -0.409 e. The number of anilines is 1. The highest BCUT2D eigenvalue weighted by molar-refractivity contribution is 6.36. The summed E-state index contributed by atoms with van der Waals surface area (Å²) >= 11 is 6.33. The van der Waals surface area contributed by atoms with Crippen LogP contribution in [-0.4, -0.2) is 53.7 Å². The molecule has 2 heterocycles. The molecule has 0 radical (unpaired) electrons. The molecule has 2 rings (SSSR count). The molecule has 1 aliphatic rings. The van der Waals surface area contributed by atoms with Crippen LogP contribution in [0.3, 0.4) is 0 Å². The maximum absolute atomic E-state index is 8.76. The predicted molar refractivity (Wildman–Crippen MR) is 76.1 cm³/mol. The molecule has 0 aromatic carbocycles. The van der Waals surface area contributed by atoms with E-state index in [9.17, 15) is 0 Å². The third kappa shape index (κ3) is 2.74. The zero-order valence-electron chi connectivity index (χ0n) is 11.0. The fraction of sp³-hybridized carbons (Fsp3) is 0.500. The van der Waals surface area contributed by atoms with E-state index in [1.54, 1.807) is 12.3 Å². The average Bonchev–Trinajstić information content (AvgIpc) is 2.39. The van der Waals surface area contributed by atoms with Gasteiger partial charge >= 0.3 is 0 Å². The van der Waals surface area contributed by atoms with Crippen LogP contribution in [0.1, 0.15) is 12.5 Å². The van der Waals surface area contributed by atoms with Gasteiger partial charge in [0.1, 0.15) is 5.82 Å². The van der Waals surface area contributed by atoms with Gasteiger partial charge in [0.2, 0.25) is 0 Å². The normalized spacial score (nSPS) is 21.7. The van der Waals surface area contributed by atoms with E-state index < -0.39 is 0 Å². The molecule has 1 saturated heterocycles. The first kappa shape index (κ1) is 13.9. The SMILES string of the molecule is CC1CN(C)CCN1c1nccc(/C(N)=N/O)c1Cl. The van der Waals surface area contributed by atoms with Crippen molar-refractivity contribution in [3.8, 4) is 0 Å². The third-order valence-electron chi connectivity index (χ3n) is 3.36. The van der Waals surface area contributed by atoms with Crippen molar-refractivity contribution < 1.29 is 5.21 Å². The summed E-state index contributed by atoms with van der Waals surface area (Å²) in [7, 11) is 2.09. The highest BCUT2D eigenvalue weighted by atomic mass is 35.5. The largest absolute Gasteiger partial charge is 0.409 e. The number of likely N-dealkylation sites (N-methyl/N-ethyl adjacent to an activating group) is 1. The lowest BCUT2D eigenvalue weighted by molar-refractivity contribution is 0.274. The molecule has 1 fully saturated rings. The van der Waals surface area contributed by atoms with Crippen LogP contribution in [0.2, 0.25) is 5.02 Å². The first-order chi connectivity index (χ1) is 9.04. The predicted octanol–water partition coefficient (Wildman–Crippen LogP) is 0.970. The Bertz CT molecular complexity index is 493. The zero-order chi connectivity index (χ0) is 14.0. The quantitative estimate of drug-likeness (QED) is 0.366. The van der Waals surface area contributed by atoms with Crippen molar-refractivity contribution >= 4 is 23.3 Å². The van der Waals surface area contributed by atoms with Crippen LogP contribution >= 0.6 is 11.6 Å². The molecule has 19 heavy (non-hydrogen) atoms. The van der Waals surface area contributed by atoms with E-state index in [1.165, 1.54) is 0 Å². The zero-order valence-corrected chi connectivity index (χ0v) is 11.8. The van der Waals surface area contributed by atoms with E-state index in [4.69, 9.17) is 22.5 Å². The first-order valence-electron chi connectivity index (χ1n) is 6.12. The molecule has 0 saturated carbocycles. The van der Waals surface area contributed by atoms with Crippen LogP contribution in [0.25, 0.3) is 0 Å². The summed E-state index contributed by atoms with van der Waals surface area (Å²) in [6, 6.07) is 1.95. The molecule has 1 aromatic heterocycles. The van der Waals surface area contributed by atoms with Gasteiger partial charge in [-0.05, 0) is 20.0 Å². The first-order valence-corrected chi connectivity index (χ1v) is 6.50. The van der Waals surface area contributed by atoms with Crippen LogP contribution in [0.4, 0.5) is 5.82 Å². The lowest BCUT2D eigenvalue weighted by Gasteiger charge is -2.39. The van der Waals surface area contributed by atoms with E-state index in [-0.39, 0.29) is 5.84 Å². The minimum atomic E-state index is -0.00423. The molecule has 7 heteroatoms. The average molecular weight is 284 g/mol. The van der Waals surface area contributed by atoms with Crippen molar-refractivity contribution in [2.24, 2.45) is 10.9 Å². The lowest BCUT2D eigenvalue weighted by atomic mass is 10.1. The molecule has 1 aliphatic heterocycles. The van der Waals surface area contributed by atoms with Gasteiger partial charge in [-0.1, -0.05) is 16.8 Å². The summed E-state index contributed by atoms with van der Waals surface area (Å²) in [5.41, 5.74) is 6.11. The summed E-state index contributed by atoms with van der Waals surface area (Å²) in [6.07, 6.45) is 1.62. The Morgan fingerprint density at radius 2 is 2.32 bits per heavy atom. The summed E-state index contributed by atoms with van der Waals surface area (Å²) in [4.78, 5) is 8.75. The number of oxime groups is 1. The van der Waals surface area contributed by atoms with Crippen molar-refractivity contribution in [3.63, 3.8) is 0 Å². The van der Waals surface area contributed by atoms with Gasteiger partial charge in [0.05, 0.1) is 5.02 Å². The van der Waals surface area contributed by atoms with E-state index >= 15 is 0 Å². The standard InChI is InChI=1S/C12H18ClN5O/c1-8-7-17(2)5-6-18(8)12-10(13)9(3-4-15-12)11(14)16-19/h3-4,8,19H,5-7H2,1-2H3,(H2,14,16). The molecule has 1 unspecified atom stereocenters. The Hall–Kier alpha value is -1.53. The van der Waals surface area contributed by atoms with Gasteiger partial charge in [0, 0.05) is 37.4 Å². The van der Waals surface area contributed by atoms with Crippen molar-refractivity contribution in [1.82, 2.24) is 9.88 Å². The number of hydrogen-bond acceptors (Lipinski definition) is 5. The van der Waals surface area contributed by atoms with Gasteiger partial charge in [-0.15, -0.1) is 0 Å². The van der Waals surface area contributed by atoms with Crippen LogP contribution in [-0.2, 0) is 0 Å². The lowest BCUT2D eigenvalue weighted by Crippen LogP contribution is -2.51. The van der Waals surface area contributed by atoms with E-state index in [0.29, 0.717) is 22.4 Å². The van der Waals surface area contributed by atoms with Crippen molar-refractivity contribution in [2.75, 3.05) is 31.6 Å². The second-order valence-corrected chi connectivity index (χ2v) is 5.16. The fourth-order valence-electron chi connectivity index (χ4n) is 2.34. The van der Waals surface area contributed by atoms with Gasteiger partial charge in [-0.25, -0.2) is 4.98 Å². The smallest absolute Gasteiger partial charge is 0.171 e. The molecule has 6 nitrogen and oxygen atoms in total. The number of amidine groups is 1. The Balaban J connectivity index is 2.35. The number of nitrogens with two attached hydrogens (primary N) is 1. The van der Waals surface area contributed by atoms with Gasteiger partial charge in [-0.3, -0.25) is 0 Å². The summed E-state index contributed by atoms with van der Waals surface area (Å²) in [5.74, 6) is 0.682. The van der Waals surface area contributed by atoms with Gasteiger partial charge in [0.25, 0.3) is 0 Å². The molecular weight excluding hydrogens is 266 g/mol.